The third kappa shape index (κ3) is 3.91. The van der Waals surface area contributed by atoms with E-state index >= 15 is 0 Å². The lowest BCUT2D eigenvalue weighted by Gasteiger charge is -2.40. The van der Waals surface area contributed by atoms with Gasteiger partial charge in [-0.1, -0.05) is 55.8 Å². The summed E-state index contributed by atoms with van der Waals surface area (Å²) >= 11 is 7.68. The van der Waals surface area contributed by atoms with Crippen molar-refractivity contribution >= 4 is 29.3 Å². The van der Waals surface area contributed by atoms with E-state index < -0.39 is 5.41 Å². The van der Waals surface area contributed by atoms with E-state index in [4.69, 9.17) is 11.6 Å². The lowest BCUT2D eigenvalue weighted by Crippen LogP contribution is -2.49. The average molecular weight is 393 g/mol. The molecule has 2 aromatic rings. The Bertz CT molecular complexity index is 768. The van der Waals surface area contributed by atoms with Crippen LogP contribution < -0.4 is 5.32 Å². The number of carbonyl (C=O) groups excluding carboxylic acids is 1. The third-order valence-electron chi connectivity index (χ3n) is 4.92. The molecular weight excluding hydrogens is 368 g/mol. The topological polar surface area (TPSA) is 59.8 Å². The first-order chi connectivity index (χ1) is 12.4. The Kier molecular flexibility index (Phi) is 5.92. The van der Waals surface area contributed by atoms with E-state index in [9.17, 15) is 4.79 Å². The van der Waals surface area contributed by atoms with Crippen LogP contribution in [0.5, 0.6) is 0 Å². The molecule has 1 aromatic carbocycles. The van der Waals surface area contributed by atoms with Gasteiger partial charge in [0.05, 0.1) is 12.0 Å². The van der Waals surface area contributed by atoms with Crippen molar-refractivity contribution in [2.24, 2.45) is 13.0 Å². The highest BCUT2D eigenvalue weighted by molar-refractivity contribution is 7.99. The Balaban J connectivity index is 1.66. The summed E-state index contributed by atoms with van der Waals surface area (Å²) in [5.41, 5.74) is 0.607. The summed E-state index contributed by atoms with van der Waals surface area (Å²) in [6.45, 7) is 4.75. The smallest absolute Gasteiger partial charge is 0.231 e. The van der Waals surface area contributed by atoms with Gasteiger partial charge in [-0.25, -0.2) is 0 Å². The van der Waals surface area contributed by atoms with Gasteiger partial charge in [0, 0.05) is 17.8 Å². The molecule has 26 heavy (non-hydrogen) atoms. The molecule has 0 bridgehead atoms. The van der Waals surface area contributed by atoms with E-state index in [-0.39, 0.29) is 5.91 Å². The number of rotatable bonds is 7. The second-order valence-corrected chi connectivity index (χ2v) is 8.71. The highest BCUT2D eigenvalue weighted by Gasteiger charge is 2.45. The molecular formula is C19H25ClN4OS. The molecule has 1 fully saturated rings. The van der Waals surface area contributed by atoms with Crippen LogP contribution in [-0.2, 0) is 23.8 Å². The van der Waals surface area contributed by atoms with Crippen molar-refractivity contribution in [2.45, 2.75) is 50.2 Å². The van der Waals surface area contributed by atoms with E-state index in [0.29, 0.717) is 17.5 Å². The highest BCUT2D eigenvalue weighted by Crippen LogP contribution is 2.44. The number of halogens is 1. The number of thioether (sulfide) groups is 1. The summed E-state index contributed by atoms with van der Waals surface area (Å²) < 4.78 is 1.96. The number of amides is 1. The van der Waals surface area contributed by atoms with Crippen LogP contribution in [0.25, 0.3) is 0 Å². The molecule has 0 unspecified atom stereocenters. The summed E-state index contributed by atoms with van der Waals surface area (Å²) in [5.74, 6) is 2.43. The van der Waals surface area contributed by atoms with Gasteiger partial charge in [-0.3, -0.25) is 4.79 Å². The summed E-state index contributed by atoms with van der Waals surface area (Å²) in [7, 11) is 1.95. The molecule has 1 aliphatic rings. The molecule has 3 rings (SSSR count). The van der Waals surface area contributed by atoms with Crippen molar-refractivity contribution in [3.63, 3.8) is 0 Å². The third-order valence-corrected chi connectivity index (χ3v) is 6.62. The molecule has 1 aromatic heterocycles. The quantitative estimate of drug-likeness (QED) is 0.724. The maximum atomic E-state index is 12.9. The lowest BCUT2D eigenvalue weighted by molar-refractivity contribution is -0.130. The van der Waals surface area contributed by atoms with Gasteiger partial charge >= 0.3 is 0 Å². The van der Waals surface area contributed by atoms with E-state index in [1.807, 2.05) is 35.9 Å². The average Bonchev–Trinajstić information content (AvgIpc) is 2.92. The normalized spacial score (nSPS) is 15.7. The molecule has 0 spiro atoms. The largest absolute Gasteiger partial charge is 0.348 e. The number of aromatic nitrogens is 3. The zero-order valence-corrected chi connectivity index (χ0v) is 17.0. The molecule has 1 heterocycles. The number of nitrogens with one attached hydrogen (secondary N) is 1. The van der Waals surface area contributed by atoms with E-state index in [1.54, 1.807) is 11.8 Å². The first-order valence-corrected chi connectivity index (χ1v) is 10.3. The van der Waals surface area contributed by atoms with Crippen LogP contribution in [0.1, 0.15) is 44.5 Å². The molecule has 1 amide bonds. The molecule has 1 saturated carbocycles. The van der Waals surface area contributed by atoms with Crippen LogP contribution in [-0.4, -0.2) is 26.4 Å². The zero-order chi connectivity index (χ0) is 18.7. The van der Waals surface area contributed by atoms with Gasteiger partial charge in [-0.2, -0.15) is 0 Å². The fourth-order valence-corrected chi connectivity index (χ4v) is 4.15. The SMILES string of the molecule is CC(C)CSc1nnc(CNC(=O)C2(c3ccc(Cl)cc3)CCC2)n1C. The standard InChI is InChI=1S/C19H25ClN4OS/c1-13(2)12-26-18-23-22-16(24(18)3)11-21-17(25)19(9-4-10-19)14-5-7-15(20)8-6-14/h5-8,13H,4,9-12H2,1-3H3,(H,21,25). The fourth-order valence-electron chi connectivity index (χ4n) is 3.14. The fraction of sp³-hybridized carbons (Fsp3) is 0.526. The number of benzene rings is 1. The van der Waals surface area contributed by atoms with Gasteiger partial charge < -0.3 is 9.88 Å². The first-order valence-electron chi connectivity index (χ1n) is 8.98. The summed E-state index contributed by atoms with van der Waals surface area (Å²) in [4.78, 5) is 12.9. The second kappa shape index (κ2) is 8.01. The summed E-state index contributed by atoms with van der Waals surface area (Å²) in [6.07, 6.45) is 2.81. The Morgan fingerprint density at radius 1 is 1.31 bits per heavy atom. The van der Waals surface area contributed by atoms with Crippen molar-refractivity contribution in [1.29, 1.82) is 0 Å². The predicted octanol–water partition coefficient (Wildman–Crippen LogP) is 3.95. The molecule has 140 valence electrons. The van der Waals surface area contributed by atoms with Gasteiger partial charge in [0.15, 0.2) is 11.0 Å². The van der Waals surface area contributed by atoms with Crippen LogP contribution in [0.4, 0.5) is 0 Å². The summed E-state index contributed by atoms with van der Waals surface area (Å²) in [5, 5.41) is 13.1. The van der Waals surface area contributed by atoms with Crippen LogP contribution >= 0.6 is 23.4 Å². The maximum Gasteiger partial charge on any atom is 0.231 e. The molecule has 0 atom stereocenters. The van der Waals surface area contributed by atoms with Crippen LogP contribution in [0.3, 0.4) is 0 Å². The van der Waals surface area contributed by atoms with Gasteiger partial charge in [0.2, 0.25) is 5.91 Å². The lowest BCUT2D eigenvalue weighted by atomic mass is 9.64. The van der Waals surface area contributed by atoms with Gasteiger partial charge in [-0.05, 0) is 36.5 Å². The van der Waals surface area contributed by atoms with Crippen molar-refractivity contribution in [3.05, 3.63) is 40.7 Å². The molecule has 0 saturated heterocycles. The van der Waals surface area contributed by atoms with Crippen molar-refractivity contribution in [1.82, 2.24) is 20.1 Å². The monoisotopic (exact) mass is 392 g/mol. The van der Waals surface area contributed by atoms with Gasteiger partial charge in [0.25, 0.3) is 0 Å². The molecule has 0 radical (unpaired) electrons. The maximum absolute atomic E-state index is 12.9. The Hall–Kier alpha value is -1.53. The minimum Gasteiger partial charge on any atom is -0.348 e. The number of hydrogen-bond donors (Lipinski definition) is 1. The van der Waals surface area contributed by atoms with Crippen molar-refractivity contribution < 1.29 is 4.79 Å². The highest BCUT2D eigenvalue weighted by atomic mass is 35.5. The number of carbonyl (C=O) groups is 1. The van der Waals surface area contributed by atoms with Gasteiger partial charge in [0.1, 0.15) is 0 Å². The van der Waals surface area contributed by atoms with Crippen LogP contribution in [0.2, 0.25) is 5.02 Å². The molecule has 7 heteroatoms. The predicted molar refractivity (Wildman–Crippen MR) is 105 cm³/mol. The van der Waals surface area contributed by atoms with Crippen LogP contribution in [0.15, 0.2) is 29.4 Å². The van der Waals surface area contributed by atoms with Gasteiger partial charge in [-0.15, -0.1) is 10.2 Å². The van der Waals surface area contributed by atoms with E-state index in [1.165, 1.54) is 0 Å². The van der Waals surface area contributed by atoms with Crippen molar-refractivity contribution in [2.75, 3.05) is 5.75 Å². The van der Waals surface area contributed by atoms with E-state index in [0.717, 1.165) is 41.6 Å². The minimum atomic E-state index is -0.432. The summed E-state index contributed by atoms with van der Waals surface area (Å²) in [6, 6.07) is 7.63. The second-order valence-electron chi connectivity index (χ2n) is 7.29. The number of hydrogen-bond acceptors (Lipinski definition) is 4. The Morgan fingerprint density at radius 2 is 2.00 bits per heavy atom. The Labute approximate surface area is 163 Å². The molecule has 1 N–H and O–H groups in total. The minimum absolute atomic E-state index is 0.0606. The zero-order valence-electron chi connectivity index (χ0n) is 15.5. The molecule has 0 aliphatic heterocycles. The Morgan fingerprint density at radius 3 is 2.58 bits per heavy atom. The first kappa shape index (κ1) is 19.2. The number of nitrogens with zero attached hydrogens (tertiary/aromatic N) is 3. The molecule has 1 aliphatic carbocycles. The van der Waals surface area contributed by atoms with Crippen LogP contribution in [0, 0.1) is 5.92 Å². The molecule has 5 nitrogen and oxygen atoms in total. The van der Waals surface area contributed by atoms with Crippen molar-refractivity contribution in [3.8, 4) is 0 Å². The van der Waals surface area contributed by atoms with E-state index in [2.05, 4.69) is 29.4 Å².